The van der Waals surface area contributed by atoms with Crippen molar-refractivity contribution in [2.75, 3.05) is 12.4 Å². The van der Waals surface area contributed by atoms with Crippen LogP contribution in [0.1, 0.15) is 50.4 Å². The SMILES string of the molecule is CC(=O)CSc1ccccc1C(=O)OCC(=O)N[C@@H]1CCC[C@H](C)[C@H]1C. The molecule has 1 aromatic rings. The molecule has 2 rings (SSSR count). The molecule has 0 unspecified atom stereocenters. The van der Waals surface area contributed by atoms with Gasteiger partial charge < -0.3 is 10.1 Å². The second-order valence-corrected chi connectivity index (χ2v) is 8.02. The third-order valence-corrected chi connectivity index (χ3v) is 6.14. The fraction of sp³-hybridized carbons (Fsp3) is 0.550. The highest BCUT2D eigenvalue weighted by Crippen LogP contribution is 2.29. The van der Waals surface area contributed by atoms with Gasteiger partial charge in [-0.3, -0.25) is 9.59 Å². The number of thioether (sulfide) groups is 1. The van der Waals surface area contributed by atoms with Crippen LogP contribution in [0.5, 0.6) is 0 Å². The van der Waals surface area contributed by atoms with Crippen molar-refractivity contribution in [3.63, 3.8) is 0 Å². The summed E-state index contributed by atoms with van der Waals surface area (Å²) in [7, 11) is 0. The fourth-order valence-electron chi connectivity index (χ4n) is 3.18. The maximum atomic E-state index is 12.3. The van der Waals surface area contributed by atoms with Crippen LogP contribution in [0.2, 0.25) is 0 Å². The van der Waals surface area contributed by atoms with Crippen molar-refractivity contribution in [3.05, 3.63) is 29.8 Å². The van der Waals surface area contributed by atoms with E-state index in [0.717, 1.165) is 12.8 Å². The summed E-state index contributed by atoms with van der Waals surface area (Å²) < 4.78 is 5.19. The Hall–Kier alpha value is -1.82. The molecule has 1 fully saturated rings. The van der Waals surface area contributed by atoms with Crippen molar-refractivity contribution >= 4 is 29.4 Å². The van der Waals surface area contributed by atoms with Crippen LogP contribution in [0.25, 0.3) is 0 Å². The molecule has 0 aliphatic heterocycles. The quantitative estimate of drug-likeness (QED) is 0.582. The van der Waals surface area contributed by atoms with E-state index in [4.69, 9.17) is 4.74 Å². The molecule has 1 amide bonds. The molecular formula is C20H27NO4S. The minimum absolute atomic E-state index is 0.0355. The average Bonchev–Trinajstić information content (AvgIpc) is 2.62. The van der Waals surface area contributed by atoms with Gasteiger partial charge in [-0.15, -0.1) is 11.8 Å². The number of rotatable bonds is 7. The van der Waals surface area contributed by atoms with Crippen molar-refractivity contribution in [2.45, 2.75) is 51.0 Å². The summed E-state index contributed by atoms with van der Waals surface area (Å²) in [5.74, 6) is 0.528. The highest BCUT2D eigenvalue weighted by molar-refractivity contribution is 8.00. The predicted molar refractivity (Wildman–Crippen MR) is 102 cm³/mol. The molecule has 142 valence electrons. The van der Waals surface area contributed by atoms with E-state index in [1.807, 2.05) is 0 Å². The number of carbonyl (C=O) groups is 3. The molecule has 0 bridgehead atoms. The highest BCUT2D eigenvalue weighted by atomic mass is 32.2. The van der Waals surface area contributed by atoms with Crippen molar-refractivity contribution < 1.29 is 19.1 Å². The van der Waals surface area contributed by atoms with Gasteiger partial charge in [0.05, 0.1) is 11.3 Å². The summed E-state index contributed by atoms with van der Waals surface area (Å²) in [4.78, 5) is 36.3. The maximum absolute atomic E-state index is 12.3. The van der Waals surface area contributed by atoms with Crippen LogP contribution in [-0.2, 0) is 14.3 Å². The van der Waals surface area contributed by atoms with E-state index in [2.05, 4.69) is 19.2 Å². The first kappa shape index (κ1) is 20.5. The minimum atomic E-state index is -0.545. The summed E-state index contributed by atoms with van der Waals surface area (Å²) in [6.07, 6.45) is 3.27. The van der Waals surface area contributed by atoms with E-state index in [-0.39, 0.29) is 24.3 Å². The van der Waals surface area contributed by atoms with Gasteiger partial charge >= 0.3 is 5.97 Å². The molecular weight excluding hydrogens is 350 g/mol. The van der Waals surface area contributed by atoms with E-state index < -0.39 is 5.97 Å². The third-order valence-electron chi connectivity index (χ3n) is 4.93. The first-order valence-corrected chi connectivity index (χ1v) is 10.0. The van der Waals surface area contributed by atoms with E-state index in [0.29, 0.717) is 28.0 Å². The van der Waals surface area contributed by atoms with Crippen LogP contribution in [0, 0.1) is 11.8 Å². The van der Waals surface area contributed by atoms with Gasteiger partial charge in [0.25, 0.3) is 5.91 Å². The van der Waals surface area contributed by atoms with E-state index in [1.165, 1.54) is 25.1 Å². The fourth-order valence-corrected chi connectivity index (χ4v) is 4.02. The van der Waals surface area contributed by atoms with Crippen LogP contribution in [0.3, 0.4) is 0 Å². The van der Waals surface area contributed by atoms with Crippen LogP contribution < -0.4 is 5.32 Å². The van der Waals surface area contributed by atoms with Gasteiger partial charge in [-0.05, 0) is 37.3 Å². The number of benzene rings is 1. The molecule has 1 saturated carbocycles. The first-order valence-electron chi connectivity index (χ1n) is 9.06. The summed E-state index contributed by atoms with van der Waals surface area (Å²) in [5.41, 5.74) is 0.381. The summed E-state index contributed by atoms with van der Waals surface area (Å²) >= 11 is 1.30. The molecule has 0 radical (unpaired) electrons. The number of carbonyl (C=O) groups excluding carboxylic acids is 3. The zero-order valence-corrected chi connectivity index (χ0v) is 16.4. The maximum Gasteiger partial charge on any atom is 0.339 e. The van der Waals surface area contributed by atoms with Crippen LogP contribution in [-0.4, -0.2) is 36.1 Å². The monoisotopic (exact) mass is 377 g/mol. The molecule has 3 atom stereocenters. The lowest BCUT2D eigenvalue weighted by Crippen LogP contribution is -2.45. The molecule has 1 aliphatic carbocycles. The Morgan fingerprint density at radius 2 is 1.92 bits per heavy atom. The Morgan fingerprint density at radius 3 is 2.65 bits per heavy atom. The normalized spacial score (nSPS) is 22.5. The Balaban J connectivity index is 1.88. The predicted octanol–water partition coefficient (Wildman–Crippen LogP) is 3.47. The van der Waals surface area contributed by atoms with Gasteiger partial charge in [0.15, 0.2) is 6.61 Å². The second-order valence-electron chi connectivity index (χ2n) is 7.00. The average molecular weight is 378 g/mol. The lowest BCUT2D eigenvalue weighted by molar-refractivity contribution is -0.125. The van der Waals surface area contributed by atoms with Gasteiger partial charge in [-0.2, -0.15) is 0 Å². The first-order chi connectivity index (χ1) is 12.4. The van der Waals surface area contributed by atoms with Crippen LogP contribution in [0.15, 0.2) is 29.2 Å². The molecule has 0 aromatic heterocycles. The van der Waals surface area contributed by atoms with Gasteiger partial charge in [0.1, 0.15) is 5.78 Å². The molecule has 1 aliphatic rings. The zero-order valence-electron chi connectivity index (χ0n) is 15.6. The number of Topliss-reactive ketones (excluding diaryl/α,β-unsaturated/α-hetero) is 1. The van der Waals surface area contributed by atoms with Crippen molar-refractivity contribution in [1.82, 2.24) is 5.32 Å². The van der Waals surface area contributed by atoms with Crippen LogP contribution >= 0.6 is 11.8 Å². The summed E-state index contributed by atoms with van der Waals surface area (Å²) in [6.45, 7) is 5.58. The lowest BCUT2D eigenvalue weighted by atomic mass is 9.78. The number of esters is 1. The zero-order chi connectivity index (χ0) is 19.1. The number of hydrogen-bond donors (Lipinski definition) is 1. The van der Waals surface area contributed by atoms with Gasteiger partial charge in [-0.1, -0.05) is 38.8 Å². The smallest absolute Gasteiger partial charge is 0.339 e. The highest BCUT2D eigenvalue weighted by Gasteiger charge is 2.28. The van der Waals surface area contributed by atoms with Crippen LogP contribution in [0.4, 0.5) is 0 Å². The Bertz CT molecular complexity index is 661. The lowest BCUT2D eigenvalue weighted by Gasteiger charge is -2.34. The topological polar surface area (TPSA) is 72.5 Å². The van der Waals surface area contributed by atoms with Crippen molar-refractivity contribution in [1.29, 1.82) is 0 Å². The Labute approximate surface area is 159 Å². The number of ether oxygens (including phenoxy) is 1. The van der Waals surface area contributed by atoms with Crippen molar-refractivity contribution in [2.24, 2.45) is 11.8 Å². The molecule has 0 spiro atoms. The largest absolute Gasteiger partial charge is 0.452 e. The number of ketones is 1. The standard InChI is InChI=1S/C20H27NO4S/c1-13-7-6-9-17(15(13)3)21-19(23)11-25-20(24)16-8-4-5-10-18(16)26-12-14(2)22/h4-5,8,10,13,15,17H,6-7,9,11-12H2,1-3H3,(H,21,23)/t13-,15+,17+/m0/s1. The molecule has 0 heterocycles. The number of nitrogens with one attached hydrogen (secondary N) is 1. The Kier molecular flexibility index (Phi) is 7.69. The molecule has 1 N–H and O–H groups in total. The second kappa shape index (κ2) is 9.76. The molecule has 0 saturated heterocycles. The van der Waals surface area contributed by atoms with Gasteiger partial charge in [0, 0.05) is 10.9 Å². The van der Waals surface area contributed by atoms with E-state index >= 15 is 0 Å². The van der Waals surface area contributed by atoms with Gasteiger partial charge in [0.2, 0.25) is 0 Å². The number of hydrogen-bond acceptors (Lipinski definition) is 5. The summed E-state index contributed by atoms with van der Waals surface area (Å²) in [6, 6.07) is 7.10. The Morgan fingerprint density at radius 1 is 1.19 bits per heavy atom. The van der Waals surface area contributed by atoms with Crippen molar-refractivity contribution in [3.8, 4) is 0 Å². The molecule has 1 aromatic carbocycles. The number of amides is 1. The molecule has 26 heavy (non-hydrogen) atoms. The van der Waals surface area contributed by atoms with Gasteiger partial charge in [-0.25, -0.2) is 4.79 Å². The summed E-state index contributed by atoms with van der Waals surface area (Å²) in [5, 5.41) is 2.99. The minimum Gasteiger partial charge on any atom is -0.452 e. The van der Waals surface area contributed by atoms with E-state index in [1.54, 1.807) is 24.3 Å². The van der Waals surface area contributed by atoms with E-state index in [9.17, 15) is 14.4 Å². The molecule has 6 heteroatoms. The molecule has 5 nitrogen and oxygen atoms in total. The third kappa shape index (κ3) is 5.87.